The lowest BCUT2D eigenvalue weighted by molar-refractivity contribution is -0.122. The van der Waals surface area contributed by atoms with Crippen LogP contribution in [0.5, 0.6) is 0 Å². The summed E-state index contributed by atoms with van der Waals surface area (Å²) in [6, 6.07) is 14.2. The highest BCUT2D eigenvalue weighted by Gasteiger charge is 2.13. The second-order valence-electron chi connectivity index (χ2n) is 7.14. The lowest BCUT2D eigenvalue weighted by Crippen LogP contribution is -2.36. The maximum atomic E-state index is 12.3. The standard InChI is InChI=1S/C20H28N4O3S/c1-15(17-7-11-19(12-8-17)28(21,26)27)22-20(25)14-24(4)13-16-5-9-18(10-6-16)23(2)3/h5-12,15H,13-14H2,1-4H3,(H,22,25)(H2,21,26,27)/t15-/m1/s1. The van der Waals surface area contributed by atoms with Crippen molar-refractivity contribution in [2.75, 3.05) is 32.6 Å². The molecule has 0 aliphatic rings. The van der Waals surface area contributed by atoms with Crippen molar-refractivity contribution in [1.82, 2.24) is 10.2 Å². The maximum Gasteiger partial charge on any atom is 0.238 e. The predicted octanol–water partition coefficient (Wildman–Crippen LogP) is 1.71. The number of primary sulfonamides is 1. The second-order valence-corrected chi connectivity index (χ2v) is 8.70. The molecule has 28 heavy (non-hydrogen) atoms. The molecule has 0 fully saturated rings. The van der Waals surface area contributed by atoms with Crippen LogP contribution in [0.2, 0.25) is 0 Å². The number of sulfonamides is 1. The Bertz CT molecular complexity index is 894. The number of nitrogens with one attached hydrogen (secondary N) is 1. The fourth-order valence-electron chi connectivity index (χ4n) is 2.83. The number of nitrogens with two attached hydrogens (primary N) is 1. The number of rotatable bonds is 8. The molecular weight excluding hydrogens is 376 g/mol. The Hall–Kier alpha value is -2.42. The summed E-state index contributed by atoms with van der Waals surface area (Å²) in [5, 5.41) is 8.03. The van der Waals surface area contributed by atoms with E-state index in [1.54, 1.807) is 12.1 Å². The Balaban J connectivity index is 1.88. The first-order valence-corrected chi connectivity index (χ1v) is 10.5. The first-order valence-electron chi connectivity index (χ1n) is 8.93. The molecule has 0 radical (unpaired) electrons. The molecule has 0 unspecified atom stereocenters. The number of nitrogens with zero attached hydrogens (tertiary/aromatic N) is 2. The maximum absolute atomic E-state index is 12.3. The van der Waals surface area contributed by atoms with E-state index in [0.29, 0.717) is 6.54 Å². The van der Waals surface area contributed by atoms with E-state index in [1.165, 1.54) is 12.1 Å². The smallest absolute Gasteiger partial charge is 0.238 e. The molecule has 2 rings (SSSR count). The minimum absolute atomic E-state index is 0.0507. The lowest BCUT2D eigenvalue weighted by atomic mass is 10.1. The number of amides is 1. The normalized spacial score (nSPS) is 12.6. The highest BCUT2D eigenvalue weighted by molar-refractivity contribution is 7.89. The van der Waals surface area contributed by atoms with Crippen molar-refractivity contribution in [3.8, 4) is 0 Å². The molecule has 0 bridgehead atoms. The summed E-state index contributed by atoms with van der Waals surface area (Å²) in [6.07, 6.45) is 0. The molecule has 8 heteroatoms. The quantitative estimate of drug-likeness (QED) is 0.698. The van der Waals surface area contributed by atoms with Crippen molar-refractivity contribution in [2.24, 2.45) is 5.14 Å². The third kappa shape index (κ3) is 6.33. The average molecular weight is 405 g/mol. The number of hydrogen-bond donors (Lipinski definition) is 2. The summed E-state index contributed by atoms with van der Waals surface area (Å²) in [4.78, 5) is 16.4. The van der Waals surface area contributed by atoms with Crippen LogP contribution >= 0.6 is 0 Å². The van der Waals surface area contributed by atoms with Crippen LogP contribution in [0.1, 0.15) is 24.1 Å². The summed E-state index contributed by atoms with van der Waals surface area (Å²) >= 11 is 0. The molecule has 0 aliphatic heterocycles. The van der Waals surface area contributed by atoms with Gasteiger partial charge in [0, 0.05) is 26.3 Å². The van der Waals surface area contributed by atoms with E-state index in [2.05, 4.69) is 29.6 Å². The van der Waals surface area contributed by atoms with Crippen LogP contribution in [0.3, 0.4) is 0 Å². The van der Waals surface area contributed by atoms with E-state index < -0.39 is 10.0 Å². The molecule has 0 aromatic heterocycles. The molecule has 7 nitrogen and oxygen atoms in total. The van der Waals surface area contributed by atoms with Crippen LogP contribution in [0, 0.1) is 0 Å². The molecule has 0 heterocycles. The van der Waals surface area contributed by atoms with E-state index in [-0.39, 0.29) is 23.4 Å². The Morgan fingerprint density at radius 1 is 1.04 bits per heavy atom. The molecule has 1 atom stereocenters. The van der Waals surface area contributed by atoms with E-state index in [4.69, 9.17) is 5.14 Å². The third-order valence-corrected chi connectivity index (χ3v) is 5.33. The van der Waals surface area contributed by atoms with Gasteiger partial charge in [-0.2, -0.15) is 0 Å². The monoisotopic (exact) mass is 404 g/mol. The van der Waals surface area contributed by atoms with Crippen molar-refractivity contribution >= 4 is 21.6 Å². The van der Waals surface area contributed by atoms with E-state index in [1.807, 2.05) is 37.9 Å². The lowest BCUT2D eigenvalue weighted by Gasteiger charge is -2.20. The van der Waals surface area contributed by atoms with Crippen molar-refractivity contribution in [2.45, 2.75) is 24.4 Å². The van der Waals surface area contributed by atoms with Crippen molar-refractivity contribution < 1.29 is 13.2 Å². The van der Waals surface area contributed by atoms with Crippen molar-refractivity contribution in [3.63, 3.8) is 0 Å². The van der Waals surface area contributed by atoms with Crippen LogP contribution in [-0.2, 0) is 21.4 Å². The van der Waals surface area contributed by atoms with Gasteiger partial charge >= 0.3 is 0 Å². The van der Waals surface area contributed by atoms with Crippen molar-refractivity contribution in [1.29, 1.82) is 0 Å². The van der Waals surface area contributed by atoms with Gasteiger partial charge < -0.3 is 10.2 Å². The zero-order valence-corrected chi connectivity index (χ0v) is 17.5. The molecule has 0 saturated heterocycles. The van der Waals surface area contributed by atoms with Crippen LogP contribution in [0.4, 0.5) is 5.69 Å². The predicted molar refractivity (Wildman–Crippen MR) is 111 cm³/mol. The molecule has 0 saturated carbocycles. The highest BCUT2D eigenvalue weighted by Crippen LogP contribution is 2.16. The van der Waals surface area contributed by atoms with Gasteiger partial charge in [-0.3, -0.25) is 9.69 Å². The van der Waals surface area contributed by atoms with Crippen LogP contribution < -0.4 is 15.4 Å². The topological polar surface area (TPSA) is 95.7 Å². The Kier molecular flexibility index (Phi) is 7.17. The van der Waals surface area contributed by atoms with E-state index in [9.17, 15) is 13.2 Å². The van der Waals surface area contributed by atoms with Crippen molar-refractivity contribution in [3.05, 3.63) is 59.7 Å². The summed E-state index contributed by atoms with van der Waals surface area (Å²) in [7, 11) is 2.17. The minimum atomic E-state index is -3.72. The molecule has 0 spiro atoms. The molecule has 2 aromatic rings. The Morgan fingerprint density at radius 2 is 1.61 bits per heavy atom. The Labute approximate surface area is 167 Å². The van der Waals surface area contributed by atoms with E-state index >= 15 is 0 Å². The molecular formula is C20H28N4O3S. The van der Waals surface area contributed by atoms with Gasteiger partial charge in [0.05, 0.1) is 17.5 Å². The van der Waals surface area contributed by atoms with E-state index in [0.717, 1.165) is 16.8 Å². The zero-order chi connectivity index (χ0) is 20.9. The minimum Gasteiger partial charge on any atom is -0.378 e. The second kappa shape index (κ2) is 9.18. The number of hydrogen-bond acceptors (Lipinski definition) is 5. The summed E-state index contributed by atoms with van der Waals surface area (Å²) in [5.74, 6) is -0.101. The third-order valence-electron chi connectivity index (χ3n) is 4.40. The van der Waals surface area contributed by atoms with Gasteiger partial charge in [0.2, 0.25) is 15.9 Å². The number of carbonyl (C=O) groups is 1. The van der Waals surface area contributed by atoms with Gasteiger partial charge in [0.15, 0.2) is 0 Å². The highest BCUT2D eigenvalue weighted by atomic mass is 32.2. The first-order chi connectivity index (χ1) is 13.1. The molecule has 152 valence electrons. The average Bonchev–Trinajstić information content (AvgIpc) is 2.61. The Morgan fingerprint density at radius 3 is 2.11 bits per heavy atom. The molecule has 3 N–H and O–H groups in total. The summed E-state index contributed by atoms with van der Waals surface area (Å²) < 4.78 is 22.6. The summed E-state index contributed by atoms with van der Waals surface area (Å²) in [6.45, 7) is 2.78. The SMILES string of the molecule is C[C@@H](NC(=O)CN(C)Cc1ccc(N(C)C)cc1)c1ccc(S(N)(=O)=O)cc1. The first kappa shape index (κ1) is 21.9. The van der Waals surface area contributed by atoms with Gasteiger partial charge in [-0.1, -0.05) is 24.3 Å². The largest absolute Gasteiger partial charge is 0.378 e. The van der Waals surface area contributed by atoms with Crippen LogP contribution in [0.15, 0.2) is 53.4 Å². The molecule has 0 aliphatic carbocycles. The fourth-order valence-corrected chi connectivity index (χ4v) is 3.34. The number of benzene rings is 2. The fraction of sp³-hybridized carbons (Fsp3) is 0.350. The number of carbonyl (C=O) groups excluding carboxylic acids is 1. The zero-order valence-electron chi connectivity index (χ0n) is 16.7. The van der Waals surface area contributed by atoms with Gasteiger partial charge in [-0.15, -0.1) is 0 Å². The van der Waals surface area contributed by atoms with Crippen LogP contribution in [0.25, 0.3) is 0 Å². The van der Waals surface area contributed by atoms with Gasteiger partial charge in [0.25, 0.3) is 0 Å². The number of likely N-dealkylation sites (N-methyl/N-ethyl adjacent to an activating group) is 1. The summed E-state index contributed by atoms with van der Waals surface area (Å²) in [5.41, 5.74) is 3.07. The van der Waals surface area contributed by atoms with Gasteiger partial charge in [-0.05, 0) is 49.4 Å². The van der Waals surface area contributed by atoms with Gasteiger partial charge in [-0.25, -0.2) is 13.6 Å². The molecule has 1 amide bonds. The number of anilines is 1. The molecule has 2 aromatic carbocycles. The van der Waals surface area contributed by atoms with Gasteiger partial charge in [0.1, 0.15) is 0 Å². The van der Waals surface area contributed by atoms with Crippen LogP contribution in [-0.4, -0.2) is 46.9 Å².